The van der Waals surface area contributed by atoms with Crippen LogP contribution in [0.25, 0.3) is 0 Å². The second kappa shape index (κ2) is 4.62. The molecule has 1 aromatic heterocycles. The molecule has 0 spiro atoms. The molecule has 2 unspecified atom stereocenters. The topological polar surface area (TPSA) is 59.1 Å². The monoisotopic (exact) mass is 206 g/mol. The molecule has 3 N–H and O–H groups in total. The number of anilines is 1. The number of aliphatic hydroxyl groups is 1. The number of nitrogens with two attached hydrogens (primary N) is 1. The fourth-order valence-electron chi connectivity index (χ4n) is 2.37. The van der Waals surface area contributed by atoms with Gasteiger partial charge in [0.15, 0.2) is 0 Å². The van der Waals surface area contributed by atoms with E-state index in [0.29, 0.717) is 5.92 Å². The average molecular weight is 206 g/mol. The first kappa shape index (κ1) is 10.4. The van der Waals surface area contributed by atoms with Crippen LogP contribution in [0.3, 0.4) is 0 Å². The number of aliphatic hydroxyl groups excluding tert-OH is 1. The molecule has 0 aliphatic heterocycles. The SMILES string of the molecule is Nc1ccncc1CC1CCCC(O)C1. The maximum atomic E-state index is 9.58. The fraction of sp³-hybridized carbons (Fsp3) is 0.583. The molecule has 1 aliphatic rings. The van der Waals surface area contributed by atoms with Crippen LogP contribution in [-0.2, 0) is 6.42 Å². The largest absolute Gasteiger partial charge is 0.398 e. The summed E-state index contributed by atoms with van der Waals surface area (Å²) in [5.41, 5.74) is 7.82. The highest BCUT2D eigenvalue weighted by Gasteiger charge is 2.20. The summed E-state index contributed by atoms with van der Waals surface area (Å²) in [6.07, 6.45) is 8.61. The molecule has 2 atom stereocenters. The van der Waals surface area contributed by atoms with Gasteiger partial charge in [-0.25, -0.2) is 0 Å². The standard InChI is InChI=1S/C12H18N2O/c13-12-4-5-14-8-10(12)6-9-2-1-3-11(15)7-9/h4-5,8-9,11,15H,1-3,6-7H2,(H2,13,14). The van der Waals surface area contributed by atoms with Crippen LogP contribution in [-0.4, -0.2) is 16.2 Å². The normalized spacial score (nSPS) is 26.5. The number of nitrogen functional groups attached to an aromatic ring is 1. The number of aromatic nitrogens is 1. The van der Waals surface area contributed by atoms with Crippen molar-refractivity contribution in [3.8, 4) is 0 Å². The third kappa shape index (κ3) is 2.69. The molecule has 1 heterocycles. The Kier molecular flexibility index (Phi) is 3.21. The van der Waals surface area contributed by atoms with Gasteiger partial charge in [0.25, 0.3) is 0 Å². The van der Waals surface area contributed by atoms with Crippen molar-refractivity contribution in [1.29, 1.82) is 0 Å². The van der Waals surface area contributed by atoms with Crippen molar-refractivity contribution >= 4 is 5.69 Å². The van der Waals surface area contributed by atoms with Crippen LogP contribution in [0.15, 0.2) is 18.5 Å². The maximum absolute atomic E-state index is 9.58. The van der Waals surface area contributed by atoms with Crippen molar-refractivity contribution in [1.82, 2.24) is 4.98 Å². The van der Waals surface area contributed by atoms with E-state index >= 15 is 0 Å². The molecule has 15 heavy (non-hydrogen) atoms. The van der Waals surface area contributed by atoms with Gasteiger partial charge in [-0.05, 0) is 43.2 Å². The Morgan fingerprint density at radius 2 is 2.33 bits per heavy atom. The van der Waals surface area contributed by atoms with Gasteiger partial charge in [-0.2, -0.15) is 0 Å². The van der Waals surface area contributed by atoms with Crippen molar-refractivity contribution in [2.75, 3.05) is 5.73 Å². The molecule has 0 saturated heterocycles. The van der Waals surface area contributed by atoms with E-state index in [1.807, 2.05) is 12.3 Å². The molecular weight excluding hydrogens is 188 g/mol. The lowest BCUT2D eigenvalue weighted by molar-refractivity contribution is 0.101. The van der Waals surface area contributed by atoms with Crippen LogP contribution in [0.2, 0.25) is 0 Å². The van der Waals surface area contributed by atoms with Crippen molar-refractivity contribution < 1.29 is 5.11 Å². The van der Waals surface area contributed by atoms with Gasteiger partial charge in [-0.15, -0.1) is 0 Å². The first-order valence-electron chi connectivity index (χ1n) is 5.62. The second-order valence-electron chi connectivity index (χ2n) is 4.47. The predicted octanol–water partition coefficient (Wildman–Crippen LogP) is 1.76. The summed E-state index contributed by atoms with van der Waals surface area (Å²) in [6, 6.07) is 1.84. The highest BCUT2D eigenvalue weighted by atomic mass is 16.3. The molecule has 3 nitrogen and oxygen atoms in total. The zero-order valence-electron chi connectivity index (χ0n) is 8.89. The smallest absolute Gasteiger partial charge is 0.0543 e. The quantitative estimate of drug-likeness (QED) is 0.775. The molecule has 2 rings (SSSR count). The lowest BCUT2D eigenvalue weighted by Gasteiger charge is -2.26. The number of pyridine rings is 1. The molecular formula is C12H18N2O. The molecule has 82 valence electrons. The third-order valence-electron chi connectivity index (χ3n) is 3.21. The minimum atomic E-state index is -0.110. The van der Waals surface area contributed by atoms with E-state index in [1.165, 1.54) is 6.42 Å². The summed E-state index contributed by atoms with van der Waals surface area (Å²) >= 11 is 0. The van der Waals surface area contributed by atoms with Gasteiger partial charge in [0.2, 0.25) is 0 Å². The van der Waals surface area contributed by atoms with E-state index in [1.54, 1.807) is 6.20 Å². The van der Waals surface area contributed by atoms with Crippen LogP contribution >= 0.6 is 0 Å². The zero-order chi connectivity index (χ0) is 10.7. The Morgan fingerprint density at radius 1 is 1.47 bits per heavy atom. The van der Waals surface area contributed by atoms with Crippen molar-refractivity contribution in [3.05, 3.63) is 24.0 Å². The molecule has 1 saturated carbocycles. The molecule has 1 aliphatic carbocycles. The van der Waals surface area contributed by atoms with Crippen LogP contribution < -0.4 is 5.73 Å². The summed E-state index contributed by atoms with van der Waals surface area (Å²) in [7, 11) is 0. The van der Waals surface area contributed by atoms with Gasteiger partial charge in [0.1, 0.15) is 0 Å². The van der Waals surface area contributed by atoms with Crippen molar-refractivity contribution in [3.63, 3.8) is 0 Å². The second-order valence-corrected chi connectivity index (χ2v) is 4.47. The van der Waals surface area contributed by atoms with E-state index < -0.39 is 0 Å². The van der Waals surface area contributed by atoms with Crippen LogP contribution in [0.1, 0.15) is 31.2 Å². The van der Waals surface area contributed by atoms with Gasteiger partial charge in [0.05, 0.1) is 6.10 Å². The van der Waals surface area contributed by atoms with E-state index in [9.17, 15) is 5.11 Å². The average Bonchev–Trinajstić information content (AvgIpc) is 2.22. The lowest BCUT2D eigenvalue weighted by Crippen LogP contribution is -2.21. The number of nitrogens with zero attached hydrogens (tertiary/aromatic N) is 1. The van der Waals surface area contributed by atoms with E-state index in [-0.39, 0.29) is 6.10 Å². The molecule has 0 radical (unpaired) electrons. The van der Waals surface area contributed by atoms with Crippen LogP contribution in [0.4, 0.5) is 5.69 Å². The van der Waals surface area contributed by atoms with E-state index in [2.05, 4.69) is 4.98 Å². The Morgan fingerprint density at radius 3 is 3.07 bits per heavy atom. The molecule has 1 fully saturated rings. The van der Waals surface area contributed by atoms with Crippen LogP contribution in [0.5, 0.6) is 0 Å². The number of hydrogen-bond donors (Lipinski definition) is 2. The number of hydrogen-bond acceptors (Lipinski definition) is 3. The Labute approximate surface area is 90.3 Å². The molecule has 1 aromatic rings. The van der Waals surface area contributed by atoms with Gasteiger partial charge < -0.3 is 10.8 Å². The predicted molar refractivity (Wildman–Crippen MR) is 60.3 cm³/mol. The van der Waals surface area contributed by atoms with E-state index in [4.69, 9.17) is 5.73 Å². The summed E-state index contributed by atoms with van der Waals surface area (Å²) in [6.45, 7) is 0. The Hall–Kier alpha value is -1.09. The Bertz CT molecular complexity index is 327. The molecule has 0 bridgehead atoms. The highest BCUT2D eigenvalue weighted by molar-refractivity contribution is 5.44. The van der Waals surface area contributed by atoms with Gasteiger partial charge in [-0.1, -0.05) is 6.42 Å². The molecule has 0 amide bonds. The first-order chi connectivity index (χ1) is 7.25. The van der Waals surface area contributed by atoms with Gasteiger partial charge >= 0.3 is 0 Å². The minimum Gasteiger partial charge on any atom is -0.398 e. The molecule has 3 heteroatoms. The van der Waals surface area contributed by atoms with Crippen molar-refractivity contribution in [2.24, 2.45) is 5.92 Å². The van der Waals surface area contributed by atoms with Crippen molar-refractivity contribution in [2.45, 2.75) is 38.2 Å². The summed E-state index contributed by atoms with van der Waals surface area (Å²) in [4.78, 5) is 4.09. The van der Waals surface area contributed by atoms with Gasteiger partial charge in [0, 0.05) is 18.1 Å². The highest BCUT2D eigenvalue weighted by Crippen LogP contribution is 2.28. The van der Waals surface area contributed by atoms with E-state index in [0.717, 1.165) is 36.9 Å². The summed E-state index contributed by atoms with van der Waals surface area (Å²) in [5, 5.41) is 9.58. The minimum absolute atomic E-state index is 0.110. The van der Waals surface area contributed by atoms with Crippen LogP contribution in [0, 0.1) is 5.92 Å². The molecule has 0 aromatic carbocycles. The summed E-state index contributed by atoms with van der Waals surface area (Å²) < 4.78 is 0. The zero-order valence-corrected chi connectivity index (χ0v) is 8.89. The summed E-state index contributed by atoms with van der Waals surface area (Å²) in [5.74, 6) is 0.570. The third-order valence-corrected chi connectivity index (χ3v) is 3.21. The Balaban J connectivity index is 1.99. The first-order valence-corrected chi connectivity index (χ1v) is 5.62. The maximum Gasteiger partial charge on any atom is 0.0543 e. The number of rotatable bonds is 2. The van der Waals surface area contributed by atoms with Gasteiger partial charge in [-0.3, -0.25) is 4.98 Å². The fourth-order valence-corrected chi connectivity index (χ4v) is 2.37. The lowest BCUT2D eigenvalue weighted by atomic mass is 9.83.